The van der Waals surface area contributed by atoms with Crippen LogP contribution in [-0.4, -0.2) is 9.55 Å². The van der Waals surface area contributed by atoms with Gasteiger partial charge in [-0.05, 0) is 125 Å². The molecule has 0 N–H and O–H groups in total. The lowest BCUT2D eigenvalue weighted by Gasteiger charge is -2.30. The van der Waals surface area contributed by atoms with Crippen LogP contribution in [0.3, 0.4) is 0 Å². The summed E-state index contributed by atoms with van der Waals surface area (Å²) in [7, 11) is 0. The minimum atomic E-state index is -0.0365. The maximum Gasteiger partial charge on any atom is 0.145 e. The van der Waals surface area contributed by atoms with Crippen molar-refractivity contribution in [2.24, 2.45) is 5.92 Å². The average Bonchev–Trinajstić information content (AvgIpc) is 3.93. The van der Waals surface area contributed by atoms with Crippen molar-refractivity contribution >= 4 is 45.0 Å². The molecule has 0 saturated heterocycles. The molecule has 2 heterocycles. The van der Waals surface area contributed by atoms with E-state index in [9.17, 15) is 0 Å². The molecular formula is C51H41N3S. The number of rotatable bonds is 7. The molecular weight excluding hydrogens is 687 g/mol. The molecule has 3 nitrogen and oxygen atoms in total. The van der Waals surface area contributed by atoms with E-state index in [1.54, 1.807) is 5.57 Å². The van der Waals surface area contributed by atoms with Gasteiger partial charge in [-0.15, -0.1) is 11.3 Å². The summed E-state index contributed by atoms with van der Waals surface area (Å²) in [6.07, 6.45) is 5.84. The molecule has 55 heavy (non-hydrogen) atoms. The van der Waals surface area contributed by atoms with E-state index in [1.807, 2.05) is 11.3 Å². The third kappa shape index (κ3) is 5.76. The highest BCUT2D eigenvalue weighted by Gasteiger charge is 2.38. The zero-order chi connectivity index (χ0) is 37.1. The van der Waals surface area contributed by atoms with E-state index in [0.29, 0.717) is 5.92 Å². The Morgan fingerprint density at radius 3 is 1.95 bits per heavy atom. The van der Waals surface area contributed by atoms with Crippen molar-refractivity contribution in [1.82, 2.24) is 9.55 Å². The second-order valence-electron chi connectivity index (χ2n) is 15.3. The average molecular weight is 728 g/mol. The number of hydrogen-bond donors (Lipinski definition) is 0. The summed E-state index contributed by atoms with van der Waals surface area (Å²) in [5.74, 6) is 1.49. The van der Waals surface area contributed by atoms with Crippen molar-refractivity contribution in [2.75, 3.05) is 4.90 Å². The Kier molecular flexibility index (Phi) is 8.04. The van der Waals surface area contributed by atoms with E-state index in [0.717, 1.165) is 51.6 Å². The molecule has 2 aliphatic rings. The Hall–Kier alpha value is -6.23. The molecule has 4 heteroatoms. The largest absolute Gasteiger partial charge is 0.310 e. The van der Waals surface area contributed by atoms with Crippen LogP contribution < -0.4 is 4.90 Å². The zero-order valence-electron chi connectivity index (χ0n) is 31.3. The molecule has 0 aliphatic heterocycles. The molecule has 266 valence electrons. The molecule has 0 bridgehead atoms. The van der Waals surface area contributed by atoms with Gasteiger partial charge in [0.1, 0.15) is 5.82 Å². The SMILES string of the molecule is CC1C=CC2=C(C1)C(C)(C)c1cc(N(c3ccc(-c4ccc(-c5ccccc5)s4)cc3)c3ccc(-c4nc5ccccc5n4-c4ccccc4)cc3)ccc12. The van der Waals surface area contributed by atoms with Crippen LogP contribution in [0, 0.1) is 5.92 Å². The number of hydrogen-bond acceptors (Lipinski definition) is 3. The minimum Gasteiger partial charge on any atom is -0.310 e. The Morgan fingerprint density at radius 1 is 0.636 bits per heavy atom. The second-order valence-corrected chi connectivity index (χ2v) is 16.4. The number of para-hydroxylation sites is 3. The van der Waals surface area contributed by atoms with E-state index >= 15 is 0 Å². The number of thiophene rings is 1. The van der Waals surface area contributed by atoms with Crippen molar-refractivity contribution in [3.63, 3.8) is 0 Å². The van der Waals surface area contributed by atoms with Crippen LogP contribution in [0.25, 0.3) is 54.6 Å². The number of benzene rings is 6. The fraction of sp³-hybridized carbons (Fsp3) is 0.118. The summed E-state index contributed by atoms with van der Waals surface area (Å²) >= 11 is 1.84. The van der Waals surface area contributed by atoms with Gasteiger partial charge in [0, 0.05) is 43.5 Å². The topological polar surface area (TPSA) is 21.1 Å². The van der Waals surface area contributed by atoms with E-state index in [-0.39, 0.29) is 5.41 Å². The van der Waals surface area contributed by atoms with Crippen LogP contribution in [0.4, 0.5) is 17.1 Å². The predicted octanol–water partition coefficient (Wildman–Crippen LogP) is 14.2. The number of fused-ring (bicyclic) bond motifs is 3. The summed E-state index contributed by atoms with van der Waals surface area (Å²) < 4.78 is 2.27. The highest BCUT2D eigenvalue weighted by molar-refractivity contribution is 7.18. The van der Waals surface area contributed by atoms with Crippen LogP contribution in [0.5, 0.6) is 0 Å². The second kappa shape index (κ2) is 13.3. The Labute approximate surface area is 327 Å². The van der Waals surface area contributed by atoms with Gasteiger partial charge in [0.2, 0.25) is 0 Å². The number of anilines is 3. The number of nitrogens with zero attached hydrogens (tertiary/aromatic N) is 3. The first-order valence-corrected chi connectivity index (χ1v) is 20.0. The molecule has 8 aromatic rings. The Balaban J connectivity index is 1.06. The third-order valence-electron chi connectivity index (χ3n) is 11.5. The Morgan fingerprint density at radius 2 is 1.24 bits per heavy atom. The summed E-state index contributed by atoms with van der Waals surface area (Å²) in [6.45, 7) is 7.13. The molecule has 2 aliphatic carbocycles. The van der Waals surface area contributed by atoms with Crippen LogP contribution >= 0.6 is 11.3 Å². The molecule has 0 saturated carbocycles. The van der Waals surface area contributed by atoms with E-state index < -0.39 is 0 Å². The van der Waals surface area contributed by atoms with E-state index in [2.05, 4.69) is 206 Å². The molecule has 0 amide bonds. The van der Waals surface area contributed by atoms with Crippen LogP contribution in [0.15, 0.2) is 182 Å². The normalized spacial score (nSPS) is 15.7. The van der Waals surface area contributed by atoms with Crippen molar-refractivity contribution in [3.8, 4) is 38.0 Å². The molecule has 0 radical (unpaired) electrons. The summed E-state index contributed by atoms with van der Waals surface area (Å²) in [6, 6.07) is 59.1. The van der Waals surface area contributed by atoms with Gasteiger partial charge in [0.25, 0.3) is 0 Å². The van der Waals surface area contributed by atoms with Crippen molar-refractivity contribution in [1.29, 1.82) is 0 Å². The predicted molar refractivity (Wildman–Crippen MR) is 233 cm³/mol. The van der Waals surface area contributed by atoms with E-state index in [1.165, 1.54) is 37.6 Å². The summed E-state index contributed by atoms with van der Waals surface area (Å²) in [4.78, 5) is 10.1. The minimum absolute atomic E-state index is 0.0365. The monoisotopic (exact) mass is 727 g/mol. The standard InChI is InChI=1S/C51H41N3S/c1-34-18-28-42-43-29-27-41(33-45(43)51(2,3)44(42)32-34)53(39-23-19-36(20-24-39)49-31-30-48(55-49)35-12-6-4-7-13-35)40-25-21-37(22-26-40)50-52-46-16-10-11-17-47(46)54(50)38-14-8-5-9-15-38/h4-31,33-34H,32H2,1-3H3. The molecule has 0 fully saturated rings. The van der Waals surface area contributed by atoms with Crippen molar-refractivity contribution in [3.05, 3.63) is 193 Å². The number of allylic oxidation sites excluding steroid dienone is 4. The maximum absolute atomic E-state index is 5.15. The molecule has 1 atom stereocenters. The summed E-state index contributed by atoms with van der Waals surface area (Å²) in [5, 5.41) is 0. The van der Waals surface area contributed by atoms with Gasteiger partial charge < -0.3 is 4.90 Å². The first kappa shape index (κ1) is 33.3. The van der Waals surface area contributed by atoms with Gasteiger partial charge in [0.15, 0.2) is 0 Å². The third-order valence-corrected chi connectivity index (χ3v) is 12.6. The first-order valence-electron chi connectivity index (χ1n) is 19.2. The lowest BCUT2D eigenvalue weighted by Crippen LogP contribution is -2.20. The molecule has 0 spiro atoms. The van der Waals surface area contributed by atoms with Crippen molar-refractivity contribution < 1.29 is 0 Å². The first-order chi connectivity index (χ1) is 26.9. The smallest absolute Gasteiger partial charge is 0.145 e. The van der Waals surface area contributed by atoms with Crippen LogP contribution in [0.1, 0.15) is 38.3 Å². The molecule has 10 rings (SSSR count). The van der Waals surface area contributed by atoms with Gasteiger partial charge in [-0.1, -0.05) is 117 Å². The molecule has 1 unspecified atom stereocenters. The van der Waals surface area contributed by atoms with Crippen LogP contribution in [0.2, 0.25) is 0 Å². The van der Waals surface area contributed by atoms with Gasteiger partial charge in [-0.2, -0.15) is 0 Å². The summed E-state index contributed by atoms with van der Waals surface area (Å²) in [5.41, 5.74) is 15.8. The number of aromatic nitrogens is 2. The fourth-order valence-electron chi connectivity index (χ4n) is 8.58. The zero-order valence-corrected chi connectivity index (χ0v) is 32.1. The van der Waals surface area contributed by atoms with Gasteiger partial charge in [-0.25, -0.2) is 4.98 Å². The van der Waals surface area contributed by atoms with Crippen LogP contribution in [-0.2, 0) is 5.41 Å². The van der Waals surface area contributed by atoms with Crippen molar-refractivity contribution in [2.45, 2.75) is 32.6 Å². The number of imidazole rings is 1. The molecule has 6 aromatic carbocycles. The quantitative estimate of drug-likeness (QED) is 0.163. The maximum atomic E-state index is 5.15. The van der Waals surface area contributed by atoms with E-state index in [4.69, 9.17) is 4.98 Å². The van der Waals surface area contributed by atoms with Gasteiger partial charge in [0.05, 0.1) is 11.0 Å². The fourth-order valence-corrected chi connectivity index (χ4v) is 9.60. The highest BCUT2D eigenvalue weighted by Crippen LogP contribution is 2.52. The lowest BCUT2D eigenvalue weighted by atomic mass is 9.76. The van der Waals surface area contributed by atoms with Gasteiger partial charge >= 0.3 is 0 Å². The highest BCUT2D eigenvalue weighted by atomic mass is 32.1. The lowest BCUT2D eigenvalue weighted by molar-refractivity contribution is 0.566. The Bertz CT molecular complexity index is 2750. The van der Waals surface area contributed by atoms with Gasteiger partial charge in [-0.3, -0.25) is 4.57 Å². The molecule has 2 aromatic heterocycles.